The fourth-order valence-corrected chi connectivity index (χ4v) is 2.16. The Labute approximate surface area is 99.9 Å². The average molecular weight is 233 g/mol. The van der Waals surface area contributed by atoms with Crippen LogP contribution in [0.15, 0.2) is 40.4 Å². The van der Waals surface area contributed by atoms with Crippen LogP contribution < -0.4 is 0 Å². The maximum absolute atomic E-state index is 4.13. The van der Waals surface area contributed by atoms with E-state index in [0.29, 0.717) is 0 Å². The van der Waals surface area contributed by atoms with E-state index in [9.17, 15) is 0 Å². The fraction of sp³-hybridized carbons (Fsp3) is 0.333. The summed E-state index contributed by atoms with van der Waals surface area (Å²) < 4.78 is 1.89. The van der Waals surface area contributed by atoms with E-state index in [1.165, 1.54) is 10.5 Å². The van der Waals surface area contributed by atoms with Crippen molar-refractivity contribution in [2.45, 2.75) is 36.7 Å². The van der Waals surface area contributed by atoms with E-state index < -0.39 is 0 Å². The van der Waals surface area contributed by atoms with Crippen molar-refractivity contribution in [2.24, 2.45) is 0 Å². The molecule has 0 aliphatic heterocycles. The van der Waals surface area contributed by atoms with E-state index in [4.69, 9.17) is 0 Å². The first-order valence-electron chi connectivity index (χ1n) is 5.42. The SMILES string of the molecule is CCCn1cc(Sc2ccc(C)cc2)nn1. The highest BCUT2D eigenvalue weighted by atomic mass is 32.2. The molecule has 0 saturated heterocycles. The maximum atomic E-state index is 4.13. The molecule has 0 aliphatic carbocycles. The minimum Gasteiger partial charge on any atom is -0.251 e. The Bertz CT molecular complexity index is 448. The first kappa shape index (κ1) is 11.2. The average Bonchev–Trinajstić information content (AvgIpc) is 2.70. The fourth-order valence-electron chi connectivity index (χ4n) is 1.39. The second-order valence-corrected chi connectivity index (χ2v) is 4.83. The summed E-state index contributed by atoms with van der Waals surface area (Å²) in [6.45, 7) is 5.15. The van der Waals surface area contributed by atoms with Crippen LogP contribution in [0.1, 0.15) is 18.9 Å². The van der Waals surface area contributed by atoms with Gasteiger partial charge in [-0.25, -0.2) is 0 Å². The number of benzene rings is 1. The summed E-state index contributed by atoms with van der Waals surface area (Å²) in [7, 11) is 0. The van der Waals surface area contributed by atoms with Gasteiger partial charge in [-0.15, -0.1) is 5.10 Å². The molecule has 84 valence electrons. The molecule has 0 saturated carbocycles. The minimum absolute atomic E-state index is 0.932. The summed E-state index contributed by atoms with van der Waals surface area (Å²) in [5.41, 5.74) is 1.28. The van der Waals surface area contributed by atoms with Crippen LogP contribution in [0.4, 0.5) is 0 Å². The quantitative estimate of drug-likeness (QED) is 0.812. The van der Waals surface area contributed by atoms with Crippen LogP contribution in [0.5, 0.6) is 0 Å². The molecule has 1 heterocycles. The second-order valence-electron chi connectivity index (χ2n) is 3.73. The molecule has 0 fully saturated rings. The van der Waals surface area contributed by atoms with Gasteiger partial charge in [0.2, 0.25) is 0 Å². The van der Waals surface area contributed by atoms with Crippen LogP contribution in [0.2, 0.25) is 0 Å². The minimum atomic E-state index is 0.932. The van der Waals surface area contributed by atoms with Gasteiger partial charge in [0, 0.05) is 11.4 Å². The van der Waals surface area contributed by atoms with Crippen LogP contribution in [0, 0.1) is 6.92 Å². The van der Waals surface area contributed by atoms with Crippen LogP contribution in [0.25, 0.3) is 0 Å². The van der Waals surface area contributed by atoms with Crippen LogP contribution >= 0.6 is 11.8 Å². The highest BCUT2D eigenvalue weighted by Crippen LogP contribution is 2.25. The van der Waals surface area contributed by atoms with Gasteiger partial charge in [0.15, 0.2) is 0 Å². The van der Waals surface area contributed by atoms with Crippen molar-refractivity contribution in [3.05, 3.63) is 36.0 Å². The molecule has 2 rings (SSSR count). The van der Waals surface area contributed by atoms with E-state index >= 15 is 0 Å². The number of aromatic nitrogens is 3. The molecule has 0 atom stereocenters. The summed E-state index contributed by atoms with van der Waals surface area (Å²) >= 11 is 1.65. The van der Waals surface area contributed by atoms with Gasteiger partial charge in [0.05, 0.1) is 6.20 Å². The van der Waals surface area contributed by atoms with E-state index in [1.54, 1.807) is 11.8 Å². The van der Waals surface area contributed by atoms with Gasteiger partial charge >= 0.3 is 0 Å². The monoisotopic (exact) mass is 233 g/mol. The molecule has 0 N–H and O–H groups in total. The molecule has 0 radical (unpaired) electrons. The Morgan fingerprint density at radius 1 is 1.25 bits per heavy atom. The van der Waals surface area contributed by atoms with Crippen molar-refractivity contribution >= 4 is 11.8 Å². The molecule has 1 aromatic heterocycles. The zero-order chi connectivity index (χ0) is 11.4. The molecular weight excluding hydrogens is 218 g/mol. The predicted octanol–water partition coefficient (Wildman–Crippen LogP) is 3.15. The Hall–Kier alpha value is -1.29. The van der Waals surface area contributed by atoms with Gasteiger partial charge in [-0.05, 0) is 25.5 Å². The van der Waals surface area contributed by atoms with Crippen molar-refractivity contribution in [1.82, 2.24) is 15.0 Å². The summed E-state index contributed by atoms with van der Waals surface area (Å²) in [6.07, 6.45) is 3.08. The van der Waals surface area contributed by atoms with E-state index in [-0.39, 0.29) is 0 Å². The molecule has 0 amide bonds. The van der Waals surface area contributed by atoms with Crippen molar-refractivity contribution in [2.75, 3.05) is 0 Å². The van der Waals surface area contributed by atoms with Gasteiger partial charge in [-0.2, -0.15) is 0 Å². The van der Waals surface area contributed by atoms with Gasteiger partial charge in [-0.3, -0.25) is 4.68 Å². The lowest BCUT2D eigenvalue weighted by atomic mass is 10.2. The van der Waals surface area contributed by atoms with Gasteiger partial charge in [0.25, 0.3) is 0 Å². The van der Waals surface area contributed by atoms with Crippen molar-refractivity contribution in [3.8, 4) is 0 Å². The first-order chi connectivity index (χ1) is 7.78. The Kier molecular flexibility index (Phi) is 3.62. The third kappa shape index (κ3) is 2.85. The summed E-state index contributed by atoms with van der Waals surface area (Å²) in [4.78, 5) is 1.20. The molecule has 4 heteroatoms. The zero-order valence-electron chi connectivity index (χ0n) is 9.55. The van der Waals surface area contributed by atoms with Crippen LogP contribution in [-0.2, 0) is 6.54 Å². The topological polar surface area (TPSA) is 30.7 Å². The number of rotatable bonds is 4. The smallest absolute Gasteiger partial charge is 0.143 e. The Morgan fingerprint density at radius 3 is 2.69 bits per heavy atom. The zero-order valence-corrected chi connectivity index (χ0v) is 10.4. The first-order valence-corrected chi connectivity index (χ1v) is 6.24. The van der Waals surface area contributed by atoms with E-state index in [0.717, 1.165) is 18.0 Å². The largest absolute Gasteiger partial charge is 0.251 e. The third-order valence-electron chi connectivity index (χ3n) is 2.21. The molecule has 0 bridgehead atoms. The standard InChI is InChI=1S/C12H15N3S/c1-3-8-15-9-12(13-14-15)16-11-6-4-10(2)5-7-11/h4-7,9H,3,8H2,1-2H3. The van der Waals surface area contributed by atoms with E-state index in [1.807, 2.05) is 10.9 Å². The second kappa shape index (κ2) is 5.16. The van der Waals surface area contributed by atoms with Gasteiger partial charge in [0.1, 0.15) is 5.03 Å². The molecule has 0 spiro atoms. The van der Waals surface area contributed by atoms with Crippen LogP contribution in [-0.4, -0.2) is 15.0 Å². The van der Waals surface area contributed by atoms with Crippen molar-refractivity contribution < 1.29 is 0 Å². The normalized spacial score (nSPS) is 10.6. The molecular formula is C12H15N3S. The molecule has 0 unspecified atom stereocenters. The van der Waals surface area contributed by atoms with Crippen LogP contribution in [0.3, 0.4) is 0 Å². The Balaban J connectivity index is 2.05. The number of hydrogen-bond donors (Lipinski definition) is 0. The lowest BCUT2D eigenvalue weighted by Crippen LogP contribution is -1.96. The van der Waals surface area contributed by atoms with Crippen molar-refractivity contribution in [1.29, 1.82) is 0 Å². The maximum Gasteiger partial charge on any atom is 0.143 e. The summed E-state index contributed by atoms with van der Waals surface area (Å²) in [6, 6.07) is 8.44. The highest BCUT2D eigenvalue weighted by molar-refractivity contribution is 7.99. The number of nitrogens with zero attached hydrogens (tertiary/aromatic N) is 3. The lowest BCUT2D eigenvalue weighted by Gasteiger charge is -1.97. The highest BCUT2D eigenvalue weighted by Gasteiger charge is 2.02. The predicted molar refractivity (Wildman–Crippen MR) is 65.6 cm³/mol. The third-order valence-corrected chi connectivity index (χ3v) is 3.12. The summed E-state index contributed by atoms with van der Waals surface area (Å²) in [5.74, 6) is 0. The molecule has 16 heavy (non-hydrogen) atoms. The van der Waals surface area contributed by atoms with Crippen molar-refractivity contribution in [3.63, 3.8) is 0 Å². The van der Waals surface area contributed by atoms with Gasteiger partial charge < -0.3 is 0 Å². The Morgan fingerprint density at radius 2 is 2.00 bits per heavy atom. The molecule has 1 aromatic carbocycles. The van der Waals surface area contributed by atoms with Gasteiger partial charge in [-0.1, -0.05) is 41.6 Å². The lowest BCUT2D eigenvalue weighted by molar-refractivity contribution is 0.578. The molecule has 2 aromatic rings. The number of aryl methyl sites for hydroxylation is 2. The molecule has 0 aliphatic rings. The number of hydrogen-bond acceptors (Lipinski definition) is 3. The summed E-state index contributed by atoms with van der Waals surface area (Å²) in [5, 5.41) is 9.15. The van der Waals surface area contributed by atoms with E-state index in [2.05, 4.69) is 48.4 Å². The molecule has 3 nitrogen and oxygen atoms in total.